The second-order valence-corrected chi connectivity index (χ2v) is 8.89. The van der Waals surface area contributed by atoms with Crippen LogP contribution in [0.25, 0.3) is 0 Å². The highest BCUT2D eigenvalue weighted by atomic mass is 32.2. The molecule has 1 fully saturated rings. The molecular formula is C17H23F2N3O2S2. The van der Waals surface area contributed by atoms with E-state index in [1.807, 2.05) is 20.8 Å². The van der Waals surface area contributed by atoms with Crippen LogP contribution in [0.15, 0.2) is 18.2 Å². The van der Waals surface area contributed by atoms with E-state index in [4.69, 9.17) is 12.2 Å². The Kier molecular flexibility index (Phi) is 6.81. The lowest BCUT2D eigenvalue weighted by atomic mass is 10.1. The summed E-state index contributed by atoms with van der Waals surface area (Å²) < 4.78 is 27.8. The normalized spacial score (nSPS) is 18.9. The zero-order chi connectivity index (χ0) is 19.5. The maximum absolute atomic E-state index is 14.0. The summed E-state index contributed by atoms with van der Waals surface area (Å²) in [7, 11) is 0. The number of hydrogen-bond acceptors (Lipinski definition) is 4. The summed E-state index contributed by atoms with van der Waals surface area (Å²) in [4.78, 5) is 13.7. The third-order valence-corrected chi connectivity index (χ3v) is 5.77. The maximum atomic E-state index is 14.0. The molecule has 5 nitrogen and oxygen atoms in total. The molecule has 1 saturated heterocycles. The van der Waals surface area contributed by atoms with E-state index in [2.05, 4.69) is 5.32 Å². The van der Waals surface area contributed by atoms with Gasteiger partial charge >= 0.3 is 6.03 Å². The first-order valence-corrected chi connectivity index (χ1v) is 9.60. The Morgan fingerprint density at radius 3 is 2.62 bits per heavy atom. The first-order chi connectivity index (χ1) is 12.2. The molecule has 26 heavy (non-hydrogen) atoms. The number of amides is 2. The molecule has 0 aliphatic carbocycles. The fourth-order valence-corrected chi connectivity index (χ4v) is 4.68. The van der Waals surface area contributed by atoms with E-state index in [1.54, 1.807) is 0 Å². The molecular weight excluding hydrogens is 380 g/mol. The second-order valence-electron chi connectivity index (χ2n) is 6.60. The average molecular weight is 404 g/mol. The summed E-state index contributed by atoms with van der Waals surface area (Å²) >= 11 is 6.61. The van der Waals surface area contributed by atoms with Gasteiger partial charge in [0, 0.05) is 12.1 Å². The SMILES string of the molecule is CCCCNC(=O)N(O)C1N(Cc2c(F)cccc2F)C(=S)SC1(C)C. The van der Waals surface area contributed by atoms with Crippen LogP contribution in [0.2, 0.25) is 0 Å². The number of carbonyl (C=O) groups is 1. The van der Waals surface area contributed by atoms with Gasteiger partial charge in [-0.3, -0.25) is 5.21 Å². The molecule has 2 rings (SSSR count). The molecule has 9 heteroatoms. The molecule has 1 aromatic carbocycles. The summed E-state index contributed by atoms with van der Waals surface area (Å²) in [5.74, 6) is -1.39. The Labute approximate surface area is 161 Å². The van der Waals surface area contributed by atoms with Gasteiger partial charge in [0.1, 0.15) is 22.1 Å². The van der Waals surface area contributed by atoms with Crippen LogP contribution < -0.4 is 5.32 Å². The van der Waals surface area contributed by atoms with Crippen molar-refractivity contribution in [2.24, 2.45) is 0 Å². The van der Waals surface area contributed by atoms with Crippen molar-refractivity contribution in [3.05, 3.63) is 35.4 Å². The highest BCUT2D eigenvalue weighted by Crippen LogP contribution is 2.43. The summed E-state index contributed by atoms with van der Waals surface area (Å²) in [5.41, 5.74) is -0.155. The Balaban J connectivity index is 2.25. The number of hydroxylamine groups is 2. The number of rotatable bonds is 6. The number of benzene rings is 1. The van der Waals surface area contributed by atoms with Gasteiger partial charge in [-0.1, -0.05) is 43.4 Å². The van der Waals surface area contributed by atoms with Gasteiger partial charge in [-0.15, -0.1) is 0 Å². The van der Waals surface area contributed by atoms with Gasteiger partial charge in [0.2, 0.25) is 0 Å². The molecule has 1 aromatic rings. The third-order valence-electron chi connectivity index (χ3n) is 4.14. The molecule has 1 aliphatic heterocycles. The second kappa shape index (κ2) is 8.49. The van der Waals surface area contributed by atoms with Crippen LogP contribution in [0.5, 0.6) is 0 Å². The van der Waals surface area contributed by atoms with Crippen LogP contribution in [0.1, 0.15) is 39.2 Å². The molecule has 1 unspecified atom stereocenters. The van der Waals surface area contributed by atoms with Crippen molar-refractivity contribution < 1.29 is 18.8 Å². The topological polar surface area (TPSA) is 55.8 Å². The molecule has 0 radical (unpaired) electrons. The van der Waals surface area contributed by atoms with Gasteiger partial charge in [-0.2, -0.15) is 5.06 Å². The van der Waals surface area contributed by atoms with Crippen LogP contribution in [-0.2, 0) is 6.54 Å². The number of nitrogens with one attached hydrogen (secondary N) is 1. The first-order valence-electron chi connectivity index (χ1n) is 8.37. The van der Waals surface area contributed by atoms with E-state index in [1.165, 1.54) is 34.9 Å². The number of halogens is 2. The minimum absolute atomic E-state index is 0.155. The minimum atomic E-state index is -0.861. The Hall–Kier alpha value is -1.45. The lowest BCUT2D eigenvalue weighted by Gasteiger charge is -2.37. The van der Waals surface area contributed by atoms with Crippen molar-refractivity contribution in [2.45, 2.75) is 51.1 Å². The summed E-state index contributed by atoms with van der Waals surface area (Å²) in [6.45, 7) is 5.86. The lowest BCUT2D eigenvalue weighted by Crippen LogP contribution is -2.56. The molecule has 0 aromatic heterocycles. The van der Waals surface area contributed by atoms with E-state index in [0.717, 1.165) is 12.8 Å². The fourth-order valence-electron chi connectivity index (χ4n) is 2.81. The van der Waals surface area contributed by atoms with Crippen molar-refractivity contribution in [1.29, 1.82) is 0 Å². The van der Waals surface area contributed by atoms with E-state index in [-0.39, 0.29) is 12.1 Å². The number of hydrogen-bond donors (Lipinski definition) is 2. The predicted octanol–water partition coefficient (Wildman–Crippen LogP) is 4.10. The standard InChI is InChI=1S/C17H23F2N3O2S2/c1-4-5-9-20-15(23)22(24)14-17(2,3)26-16(25)21(14)10-11-12(18)7-6-8-13(11)19/h6-8,14,24H,4-5,9-10H2,1-3H3,(H,20,23). The average Bonchev–Trinajstić information content (AvgIpc) is 2.78. The summed E-state index contributed by atoms with van der Waals surface area (Å²) in [6, 6.07) is 2.95. The van der Waals surface area contributed by atoms with Gasteiger partial charge in [0.05, 0.1) is 11.3 Å². The molecule has 144 valence electrons. The number of unbranched alkanes of at least 4 members (excludes halogenated alkanes) is 1. The lowest BCUT2D eigenvalue weighted by molar-refractivity contribution is -0.120. The van der Waals surface area contributed by atoms with Crippen LogP contribution in [-0.4, -0.2) is 43.0 Å². The van der Waals surface area contributed by atoms with Crippen LogP contribution in [0, 0.1) is 11.6 Å². The highest BCUT2D eigenvalue weighted by molar-refractivity contribution is 8.24. The fraction of sp³-hybridized carbons (Fsp3) is 0.529. The molecule has 2 N–H and O–H groups in total. The monoisotopic (exact) mass is 403 g/mol. The van der Waals surface area contributed by atoms with Crippen LogP contribution >= 0.6 is 24.0 Å². The van der Waals surface area contributed by atoms with Crippen molar-refractivity contribution in [3.63, 3.8) is 0 Å². The first kappa shape index (κ1) is 20.9. The van der Waals surface area contributed by atoms with E-state index in [9.17, 15) is 18.8 Å². The quantitative estimate of drug-likeness (QED) is 0.324. The van der Waals surface area contributed by atoms with Gasteiger partial charge in [0.25, 0.3) is 0 Å². The van der Waals surface area contributed by atoms with Gasteiger partial charge in [-0.05, 0) is 32.4 Å². The largest absolute Gasteiger partial charge is 0.343 e. The number of thioether (sulfide) groups is 1. The zero-order valence-electron chi connectivity index (χ0n) is 15.0. The maximum Gasteiger partial charge on any atom is 0.343 e. The predicted molar refractivity (Wildman–Crippen MR) is 102 cm³/mol. The van der Waals surface area contributed by atoms with Crippen LogP contribution in [0.4, 0.5) is 13.6 Å². The summed E-state index contributed by atoms with van der Waals surface area (Å²) in [6.07, 6.45) is 0.824. The molecule has 1 heterocycles. The third kappa shape index (κ3) is 4.44. The zero-order valence-corrected chi connectivity index (χ0v) is 16.6. The number of thiocarbonyl (C=S) groups is 1. The van der Waals surface area contributed by atoms with Gasteiger partial charge < -0.3 is 10.2 Å². The number of urea groups is 1. The van der Waals surface area contributed by atoms with E-state index < -0.39 is 28.6 Å². The van der Waals surface area contributed by atoms with Crippen molar-refractivity contribution >= 4 is 34.3 Å². The Morgan fingerprint density at radius 2 is 2.04 bits per heavy atom. The summed E-state index contributed by atoms with van der Waals surface area (Å²) in [5, 5.41) is 13.7. The smallest absolute Gasteiger partial charge is 0.336 e. The highest BCUT2D eigenvalue weighted by Gasteiger charge is 2.49. The Morgan fingerprint density at radius 1 is 1.42 bits per heavy atom. The number of carbonyl (C=O) groups excluding carboxylic acids is 1. The Bertz CT molecular complexity index is 668. The van der Waals surface area contributed by atoms with Gasteiger partial charge in [0.15, 0.2) is 0 Å². The molecule has 2 amide bonds. The van der Waals surface area contributed by atoms with Crippen LogP contribution in [0.3, 0.4) is 0 Å². The van der Waals surface area contributed by atoms with Crippen molar-refractivity contribution in [2.75, 3.05) is 6.54 Å². The molecule has 0 saturated carbocycles. The molecule has 1 aliphatic rings. The number of nitrogens with zero attached hydrogens (tertiary/aromatic N) is 2. The van der Waals surface area contributed by atoms with Crippen molar-refractivity contribution in [1.82, 2.24) is 15.3 Å². The van der Waals surface area contributed by atoms with E-state index >= 15 is 0 Å². The van der Waals surface area contributed by atoms with E-state index in [0.29, 0.717) is 15.9 Å². The molecule has 0 spiro atoms. The molecule has 0 bridgehead atoms. The van der Waals surface area contributed by atoms with Gasteiger partial charge in [-0.25, -0.2) is 13.6 Å². The molecule has 1 atom stereocenters. The van der Waals surface area contributed by atoms with Crippen molar-refractivity contribution in [3.8, 4) is 0 Å². The minimum Gasteiger partial charge on any atom is -0.336 e.